The van der Waals surface area contributed by atoms with Crippen molar-refractivity contribution >= 4 is 29.1 Å². The summed E-state index contributed by atoms with van der Waals surface area (Å²) in [7, 11) is -2.32. The molecule has 0 atom stereocenters. The van der Waals surface area contributed by atoms with Crippen molar-refractivity contribution < 1.29 is 9.53 Å². The molecule has 0 saturated heterocycles. The van der Waals surface area contributed by atoms with Crippen molar-refractivity contribution in [3.63, 3.8) is 0 Å². The molecule has 0 bridgehead atoms. The van der Waals surface area contributed by atoms with E-state index in [1.165, 1.54) is 0 Å². The molecule has 0 amide bonds. The molecule has 0 aliphatic carbocycles. The zero-order valence-electron chi connectivity index (χ0n) is 20.0. The lowest BCUT2D eigenvalue weighted by molar-refractivity contribution is -0.144. The molecule has 0 unspecified atom stereocenters. The van der Waals surface area contributed by atoms with E-state index in [4.69, 9.17) is 4.74 Å². The van der Waals surface area contributed by atoms with E-state index in [1.807, 2.05) is 78.9 Å². The highest BCUT2D eigenvalue weighted by Gasteiger charge is 2.48. The minimum absolute atomic E-state index is 0.211. The molecule has 5 aromatic carbocycles. The van der Waals surface area contributed by atoms with Gasteiger partial charge in [0.15, 0.2) is 12.3 Å². The molecule has 0 fully saturated rings. The molecule has 0 radical (unpaired) electrons. The Bertz CT molecular complexity index is 1240. The van der Waals surface area contributed by atoms with Crippen molar-refractivity contribution in [1.82, 2.24) is 0 Å². The van der Waals surface area contributed by atoms with Crippen LogP contribution in [0.1, 0.15) is 17.2 Å². The average Bonchev–Trinajstić information content (AvgIpc) is 2.97. The highest BCUT2D eigenvalue weighted by molar-refractivity contribution is 7.96. The van der Waals surface area contributed by atoms with Crippen molar-refractivity contribution in [3.05, 3.63) is 163 Å². The number of hydrogen-bond donors (Lipinski definition) is 0. The molecule has 0 aliphatic rings. The van der Waals surface area contributed by atoms with Gasteiger partial charge in [0.2, 0.25) is 0 Å². The predicted octanol–water partition coefficient (Wildman–Crippen LogP) is 6.31. The van der Waals surface area contributed by atoms with E-state index in [2.05, 4.69) is 72.8 Å². The van der Waals surface area contributed by atoms with Crippen LogP contribution in [0.4, 0.5) is 0 Å². The van der Waals surface area contributed by atoms with Gasteiger partial charge in [-0.1, -0.05) is 115 Å². The second-order valence-corrected chi connectivity index (χ2v) is 12.2. The fourth-order valence-corrected chi connectivity index (χ4v) is 8.66. The lowest BCUT2D eigenvalue weighted by Crippen LogP contribution is -2.36. The van der Waals surface area contributed by atoms with Gasteiger partial charge in [-0.2, -0.15) is 0 Å². The summed E-state index contributed by atoms with van der Waals surface area (Å²) in [5, 5.41) is 3.49. The molecule has 0 N–H and O–H groups in total. The van der Waals surface area contributed by atoms with Crippen molar-refractivity contribution in [2.75, 3.05) is 6.16 Å². The van der Waals surface area contributed by atoms with Gasteiger partial charge in [0.05, 0.1) is 0 Å². The highest BCUT2D eigenvalue weighted by Crippen LogP contribution is 2.55. The summed E-state index contributed by atoms with van der Waals surface area (Å²) < 4.78 is 6.33. The third-order valence-corrected chi connectivity index (χ3v) is 10.7. The van der Waals surface area contributed by atoms with Crippen LogP contribution in [0.25, 0.3) is 0 Å². The fourth-order valence-electron chi connectivity index (χ4n) is 4.72. The van der Waals surface area contributed by atoms with Crippen molar-refractivity contribution in [2.45, 2.75) is 6.10 Å². The summed E-state index contributed by atoms with van der Waals surface area (Å²) in [6, 6.07) is 51.2. The monoisotopic (exact) mass is 487 g/mol. The van der Waals surface area contributed by atoms with Crippen LogP contribution in [0.15, 0.2) is 152 Å². The number of rotatable bonds is 8. The fraction of sp³-hybridized carbons (Fsp3) is 0.0606. The van der Waals surface area contributed by atoms with Crippen LogP contribution in [-0.2, 0) is 9.53 Å². The van der Waals surface area contributed by atoms with Crippen molar-refractivity contribution in [3.8, 4) is 0 Å². The molecule has 5 rings (SSSR count). The highest BCUT2D eigenvalue weighted by atomic mass is 31.2. The Hall–Kier alpha value is -4.00. The van der Waals surface area contributed by atoms with Crippen LogP contribution in [0.2, 0.25) is 0 Å². The number of benzene rings is 5. The van der Waals surface area contributed by atoms with E-state index >= 15 is 0 Å². The SMILES string of the molecule is O=C(C[P+](c1ccccc1)(c1ccccc1)c1ccccc1)OC(c1ccccc1)c1ccccc1. The maximum absolute atomic E-state index is 13.9. The molecule has 5 aromatic rings. The van der Waals surface area contributed by atoms with Gasteiger partial charge in [-0.15, -0.1) is 0 Å². The number of esters is 1. The van der Waals surface area contributed by atoms with E-state index in [0.717, 1.165) is 27.0 Å². The van der Waals surface area contributed by atoms with Gasteiger partial charge in [0, 0.05) is 0 Å². The summed E-state index contributed by atoms with van der Waals surface area (Å²) >= 11 is 0. The number of ether oxygens (including phenoxy) is 1. The maximum Gasteiger partial charge on any atom is 0.346 e. The van der Waals surface area contributed by atoms with Crippen molar-refractivity contribution in [2.24, 2.45) is 0 Å². The van der Waals surface area contributed by atoms with Gasteiger partial charge in [0.1, 0.15) is 23.2 Å². The third kappa shape index (κ3) is 5.00. The Morgan fingerprint density at radius 2 is 0.806 bits per heavy atom. The normalized spacial score (nSPS) is 11.2. The zero-order chi connectivity index (χ0) is 24.6. The molecule has 0 saturated carbocycles. The molecule has 3 heteroatoms. The number of hydrogen-bond acceptors (Lipinski definition) is 2. The van der Waals surface area contributed by atoms with E-state index in [0.29, 0.717) is 0 Å². The lowest BCUT2D eigenvalue weighted by Gasteiger charge is -2.28. The summed E-state index contributed by atoms with van der Waals surface area (Å²) in [5.74, 6) is -0.211. The Kier molecular flexibility index (Phi) is 7.36. The molecule has 0 aliphatic heterocycles. The van der Waals surface area contributed by atoms with Crippen LogP contribution >= 0.6 is 7.26 Å². The largest absolute Gasteiger partial charge is 0.450 e. The number of carbonyl (C=O) groups is 1. The second kappa shape index (κ2) is 11.2. The smallest absolute Gasteiger partial charge is 0.346 e. The van der Waals surface area contributed by atoms with Gasteiger partial charge < -0.3 is 4.74 Å². The van der Waals surface area contributed by atoms with Gasteiger partial charge in [0.25, 0.3) is 0 Å². The zero-order valence-corrected chi connectivity index (χ0v) is 20.9. The Morgan fingerprint density at radius 3 is 1.14 bits per heavy atom. The average molecular weight is 488 g/mol. The topological polar surface area (TPSA) is 26.3 Å². The van der Waals surface area contributed by atoms with Crippen LogP contribution in [-0.4, -0.2) is 12.1 Å². The van der Waals surface area contributed by atoms with Crippen LogP contribution in [0.3, 0.4) is 0 Å². The summed E-state index contributed by atoms with van der Waals surface area (Å²) in [4.78, 5) is 13.9. The molecule has 0 spiro atoms. The molecular weight excluding hydrogens is 459 g/mol. The van der Waals surface area contributed by atoms with Gasteiger partial charge in [-0.3, -0.25) is 0 Å². The first-order valence-electron chi connectivity index (χ1n) is 12.1. The molecular formula is C33H28O2P+. The molecule has 0 aromatic heterocycles. The maximum atomic E-state index is 13.9. The van der Waals surface area contributed by atoms with E-state index in [9.17, 15) is 4.79 Å². The molecule has 2 nitrogen and oxygen atoms in total. The Morgan fingerprint density at radius 1 is 0.500 bits per heavy atom. The molecule has 0 heterocycles. The lowest BCUT2D eigenvalue weighted by atomic mass is 10.0. The summed E-state index contributed by atoms with van der Waals surface area (Å²) in [6.07, 6.45) is -0.189. The summed E-state index contributed by atoms with van der Waals surface area (Å²) in [6.45, 7) is 0. The first-order chi connectivity index (χ1) is 17.8. The van der Waals surface area contributed by atoms with Crippen LogP contribution in [0, 0.1) is 0 Å². The first-order valence-corrected chi connectivity index (χ1v) is 14.1. The first kappa shape index (κ1) is 23.7. The van der Waals surface area contributed by atoms with Gasteiger partial charge in [-0.05, 0) is 47.5 Å². The van der Waals surface area contributed by atoms with Crippen LogP contribution < -0.4 is 15.9 Å². The third-order valence-electron chi connectivity index (χ3n) is 6.41. The Balaban J connectivity index is 1.60. The van der Waals surface area contributed by atoms with E-state index in [1.54, 1.807) is 0 Å². The predicted molar refractivity (Wildman–Crippen MR) is 151 cm³/mol. The van der Waals surface area contributed by atoms with Gasteiger partial charge in [-0.25, -0.2) is 4.79 Å². The quantitative estimate of drug-likeness (QED) is 0.189. The van der Waals surface area contributed by atoms with Crippen molar-refractivity contribution in [1.29, 1.82) is 0 Å². The minimum Gasteiger partial charge on any atom is -0.450 e. The van der Waals surface area contributed by atoms with Gasteiger partial charge >= 0.3 is 5.97 Å². The molecule has 176 valence electrons. The Labute approximate surface area is 213 Å². The standard InChI is InChI=1S/C33H28O2P/c34-32(35-33(27-16-6-1-7-17-27)28-18-8-2-9-19-28)26-36(29-20-10-3-11-21-29,30-22-12-4-13-23-30)31-24-14-5-15-25-31/h1-25,33H,26H2/q+1. The minimum atomic E-state index is -2.32. The van der Waals surface area contributed by atoms with E-state index in [-0.39, 0.29) is 12.1 Å². The summed E-state index contributed by atoms with van der Waals surface area (Å²) in [5.41, 5.74) is 1.92. The second-order valence-electron chi connectivity index (χ2n) is 8.67. The van der Waals surface area contributed by atoms with Crippen LogP contribution in [0.5, 0.6) is 0 Å². The number of carbonyl (C=O) groups excluding carboxylic acids is 1. The van der Waals surface area contributed by atoms with E-state index < -0.39 is 13.4 Å². The molecule has 36 heavy (non-hydrogen) atoms.